The summed E-state index contributed by atoms with van der Waals surface area (Å²) in [6.07, 6.45) is 14.3. The van der Waals surface area contributed by atoms with Gasteiger partial charge in [0.2, 0.25) is 0 Å². The monoisotopic (exact) mass is 412 g/mol. The van der Waals surface area contributed by atoms with Crippen molar-refractivity contribution in [2.45, 2.75) is 92.6 Å². The largest absolute Gasteiger partial charge is 0.393 e. The van der Waals surface area contributed by atoms with Crippen LogP contribution in [-0.4, -0.2) is 17.0 Å². The van der Waals surface area contributed by atoms with Crippen molar-refractivity contribution in [3.8, 4) is 0 Å². The van der Waals surface area contributed by atoms with Gasteiger partial charge in [-0.3, -0.25) is 4.79 Å². The molecule has 1 N–H and O–H groups in total. The van der Waals surface area contributed by atoms with Crippen LogP contribution in [0.25, 0.3) is 0 Å². The zero-order valence-electron chi connectivity index (χ0n) is 20.2. The fraction of sp³-hybridized carbons (Fsp3) is 0.821. The fourth-order valence-corrected chi connectivity index (χ4v) is 7.95. The second-order valence-corrected chi connectivity index (χ2v) is 12.2. The van der Waals surface area contributed by atoms with Crippen molar-refractivity contribution in [1.82, 2.24) is 0 Å². The molecule has 0 aromatic rings. The summed E-state index contributed by atoms with van der Waals surface area (Å²) in [5.41, 5.74) is 1.89. The minimum absolute atomic E-state index is 0.0379. The Kier molecular flexibility index (Phi) is 5.88. The van der Waals surface area contributed by atoms with Crippen LogP contribution >= 0.6 is 0 Å². The zero-order chi connectivity index (χ0) is 21.8. The average Bonchev–Trinajstić information content (AvgIpc) is 3.04. The Morgan fingerprint density at radius 1 is 0.933 bits per heavy atom. The minimum Gasteiger partial charge on any atom is -0.393 e. The Balaban J connectivity index is 1.59. The van der Waals surface area contributed by atoms with E-state index < -0.39 is 0 Å². The highest BCUT2D eigenvalue weighted by Crippen LogP contribution is 2.66. The Hall–Kier alpha value is -0.890. The molecule has 9 atom stereocenters. The molecule has 3 saturated carbocycles. The maximum Gasteiger partial charge on any atom is 0.159 e. The molecule has 2 heteroatoms. The van der Waals surface area contributed by atoms with E-state index in [9.17, 15) is 9.90 Å². The number of aliphatic hydroxyl groups is 1. The van der Waals surface area contributed by atoms with E-state index in [1.54, 1.807) is 0 Å². The van der Waals surface area contributed by atoms with Crippen molar-refractivity contribution in [1.29, 1.82) is 0 Å². The van der Waals surface area contributed by atoms with Crippen LogP contribution in [0.15, 0.2) is 23.8 Å². The summed E-state index contributed by atoms with van der Waals surface area (Å²) >= 11 is 0. The van der Waals surface area contributed by atoms with Crippen LogP contribution in [0.3, 0.4) is 0 Å². The van der Waals surface area contributed by atoms with Crippen LogP contribution in [0, 0.1) is 52.3 Å². The van der Waals surface area contributed by atoms with Gasteiger partial charge in [-0.05, 0) is 97.4 Å². The number of aliphatic hydroxyl groups excluding tert-OH is 1. The van der Waals surface area contributed by atoms with Crippen LogP contribution in [-0.2, 0) is 4.79 Å². The first-order chi connectivity index (χ1) is 14.1. The van der Waals surface area contributed by atoms with Crippen LogP contribution in [0.1, 0.15) is 86.5 Å². The van der Waals surface area contributed by atoms with Gasteiger partial charge < -0.3 is 5.11 Å². The first kappa shape index (κ1) is 22.3. The topological polar surface area (TPSA) is 37.3 Å². The van der Waals surface area contributed by atoms with Gasteiger partial charge in [-0.1, -0.05) is 59.3 Å². The van der Waals surface area contributed by atoms with E-state index in [-0.39, 0.29) is 17.4 Å². The van der Waals surface area contributed by atoms with Crippen LogP contribution < -0.4 is 0 Å². The minimum atomic E-state index is -0.285. The Labute approximate surface area is 184 Å². The molecule has 0 heterocycles. The first-order valence-corrected chi connectivity index (χ1v) is 12.7. The van der Waals surface area contributed by atoms with Gasteiger partial charge in [-0.2, -0.15) is 0 Å². The standard InChI is InChI=1S/C28H44O2/c1-17(2)18(3)7-8-19(4)22-9-10-23-21-16-26(30)25-15-20(29)11-13-28(25,6)24(21)12-14-27(22,23)5/h7-8,16-20,22-25,29H,9-15H2,1-6H3/b8-7+/t18-,19+,20-,22+,23-,24-,25+,27+,28+/m0/s1. The van der Waals surface area contributed by atoms with Gasteiger partial charge >= 0.3 is 0 Å². The van der Waals surface area contributed by atoms with E-state index in [1.807, 2.05) is 0 Å². The third-order valence-electron chi connectivity index (χ3n) is 10.4. The summed E-state index contributed by atoms with van der Waals surface area (Å²) in [4.78, 5) is 13.2. The Morgan fingerprint density at radius 2 is 1.60 bits per heavy atom. The van der Waals surface area contributed by atoms with Crippen LogP contribution in [0.2, 0.25) is 0 Å². The number of fused-ring (bicyclic) bond motifs is 5. The fourth-order valence-electron chi connectivity index (χ4n) is 7.95. The van der Waals surface area contributed by atoms with E-state index in [0.29, 0.717) is 53.1 Å². The molecule has 0 unspecified atom stereocenters. The van der Waals surface area contributed by atoms with Crippen molar-refractivity contribution >= 4 is 5.78 Å². The normalized spacial score (nSPS) is 45.7. The molecule has 0 amide bonds. The maximum atomic E-state index is 13.2. The molecule has 4 aliphatic carbocycles. The molecular weight excluding hydrogens is 368 g/mol. The molecule has 4 aliphatic rings. The second-order valence-electron chi connectivity index (χ2n) is 12.2. The maximum absolute atomic E-state index is 13.2. The van der Waals surface area contributed by atoms with Gasteiger partial charge in [-0.25, -0.2) is 0 Å². The van der Waals surface area contributed by atoms with E-state index in [0.717, 1.165) is 12.8 Å². The number of hydrogen-bond acceptors (Lipinski definition) is 2. The summed E-state index contributed by atoms with van der Waals surface area (Å²) in [5, 5.41) is 10.2. The van der Waals surface area contributed by atoms with E-state index in [1.165, 1.54) is 31.3 Å². The lowest BCUT2D eigenvalue weighted by Gasteiger charge is -2.57. The molecular formula is C28H44O2. The first-order valence-electron chi connectivity index (χ1n) is 12.7. The smallest absolute Gasteiger partial charge is 0.159 e. The average molecular weight is 413 g/mol. The molecule has 2 nitrogen and oxygen atoms in total. The summed E-state index contributed by atoms with van der Waals surface area (Å²) in [6, 6.07) is 0. The Bertz CT molecular complexity index is 733. The summed E-state index contributed by atoms with van der Waals surface area (Å²) in [5.74, 6) is 4.12. The predicted octanol–water partition coefficient (Wildman–Crippen LogP) is 6.59. The molecule has 0 bridgehead atoms. The van der Waals surface area contributed by atoms with Gasteiger partial charge in [0.15, 0.2) is 5.78 Å². The molecule has 0 aromatic carbocycles. The molecule has 0 spiro atoms. The van der Waals surface area contributed by atoms with Gasteiger partial charge in [-0.15, -0.1) is 0 Å². The molecule has 168 valence electrons. The van der Waals surface area contributed by atoms with Crippen LogP contribution in [0.5, 0.6) is 0 Å². The van der Waals surface area contributed by atoms with E-state index in [2.05, 4.69) is 59.8 Å². The van der Waals surface area contributed by atoms with Crippen molar-refractivity contribution in [2.75, 3.05) is 0 Å². The SMILES string of the molecule is CC(C)[C@@H](C)/C=C/[C@@H](C)[C@H]1CC[C@H]2C3=CC(=O)[C@H]4C[C@@H](O)CC[C@]4(C)[C@H]3CC[C@]12C. The zero-order valence-corrected chi connectivity index (χ0v) is 20.2. The molecule has 3 fully saturated rings. The lowest BCUT2D eigenvalue weighted by atomic mass is 9.47. The highest BCUT2D eigenvalue weighted by molar-refractivity contribution is 5.94. The number of ketones is 1. The van der Waals surface area contributed by atoms with Gasteiger partial charge in [0.25, 0.3) is 0 Å². The van der Waals surface area contributed by atoms with E-state index >= 15 is 0 Å². The molecule has 4 rings (SSSR count). The number of carbonyl (C=O) groups is 1. The van der Waals surface area contributed by atoms with Crippen molar-refractivity contribution < 1.29 is 9.90 Å². The van der Waals surface area contributed by atoms with Crippen molar-refractivity contribution in [2.24, 2.45) is 52.3 Å². The van der Waals surface area contributed by atoms with Gasteiger partial charge in [0.1, 0.15) is 0 Å². The molecule has 0 saturated heterocycles. The number of carbonyl (C=O) groups excluding carboxylic acids is 1. The van der Waals surface area contributed by atoms with Gasteiger partial charge in [0.05, 0.1) is 6.10 Å². The summed E-state index contributed by atoms with van der Waals surface area (Å²) in [6.45, 7) is 14.3. The molecule has 0 aliphatic heterocycles. The summed E-state index contributed by atoms with van der Waals surface area (Å²) < 4.78 is 0. The van der Waals surface area contributed by atoms with E-state index in [4.69, 9.17) is 0 Å². The third kappa shape index (κ3) is 3.46. The van der Waals surface area contributed by atoms with Crippen molar-refractivity contribution in [3.63, 3.8) is 0 Å². The quantitative estimate of drug-likeness (QED) is 0.529. The highest BCUT2D eigenvalue weighted by atomic mass is 16.3. The third-order valence-corrected chi connectivity index (χ3v) is 10.4. The molecule has 30 heavy (non-hydrogen) atoms. The number of allylic oxidation sites excluding steroid dienone is 4. The lowest BCUT2D eigenvalue weighted by Crippen LogP contribution is -2.52. The molecule has 0 aromatic heterocycles. The Morgan fingerprint density at radius 3 is 2.30 bits per heavy atom. The molecule has 0 radical (unpaired) electrons. The predicted molar refractivity (Wildman–Crippen MR) is 124 cm³/mol. The van der Waals surface area contributed by atoms with Crippen molar-refractivity contribution in [3.05, 3.63) is 23.8 Å². The number of hydrogen-bond donors (Lipinski definition) is 1. The second kappa shape index (κ2) is 7.91. The highest BCUT2D eigenvalue weighted by Gasteiger charge is 2.59. The van der Waals surface area contributed by atoms with Crippen LogP contribution in [0.4, 0.5) is 0 Å². The lowest BCUT2D eigenvalue weighted by molar-refractivity contribution is -0.132. The number of rotatable bonds is 4. The van der Waals surface area contributed by atoms with Gasteiger partial charge in [0, 0.05) is 5.92 Å². The summed E-state index contributed by atoms with van der Waals surface area (Å²) in [7, 11) is 0.